The van der Waals surface area contributed by atoms with Gasteiger partial charge in [0.2, 0.25) is 0 Å². The summed E-state index contributed by atoms with van der Waals surface area (Å²) < 4.78 is 6.60. The quantitative estimate of drug-likeness (QED) is 0.345. The summed E-state index contributed by atoms with van der Waals surface area (Å²) in [5.41, 5.74) is 1.87. The van der Waals surface area contributed by atoms with E-state index in [1.807, 2.05) is 31.2 Å². The van der Waals surface area contributed by atoms with Gasteiger partial charge < -0.3 is 4.74 Å². The van der Waals surface area contributed by atoms with Crippen LogP contribution in [0.5, 0.6) is 5.75 Å². The molecule has 0 bridgehead atoms. The van der Waals surface area contributed by atoms with Gasteiger partial charge >= 0.3 is 5.97 Å². The lowest BCUT2D eigenvalue weighted by Crippen LogP contribution is -2.16. The molecule has 0 saturated carbocycles. The van der Waals surface area contributed by atoms with E-state index < -0.39 is 5.97 Å². The summed E-state index contributed by atoms with van der Waals surface area (Å²) >= 11 is 13.7. The normalized spacial score (nSPS) is 11.8. The SMILES string of the molecule is Cc1ccc(C(C)(C)C)c(OC(=O)c2sc3cc(Cl)ccc3c2Cl)c1. The van der Waals surface area contributed by atoms with Crippen molar-refractivity contribution in [2.24, 2.45) is 0 Å². The van der Waals surface area contributed by atoms with Crippen molar-refractivity contribution in [3.05, 3.63) is 62.4 Å². The molecule has 0 aliphatic rings. The Kier molecular flexibility index (Phi) is 4.84. The van der Waals surface area contributed by atoms with Crippen molar-refractivity contribution in [3.63, 3.8) is 0 Å². The second-order valence-corrected chi connectivity index (χ2v) is 8.89. The van der Waals surface area contributed by atoms with Gasteiger partial charge in [-0.1, -0.05) is 62.2 Å². The number of rotatable bonds is 2. The molecule has 0 atom stereocenters. The predicted molar refractivity (Wildman–Crippen MR) is 107 cm³/mol. The minimum absolute atomic E-state index is 0.138. The van der Waals surface area contributed by atoms with Crippen molar-refractivity contribution in [2.45, 2.75) is 33.1 Å². The number of halogens is 2. The monoisotopic (exact) mass is 392 g/mol. The smallest absolute Gasteiger partial charge is 0.355 e. The molecule has 0 unspecified atom stereocenters. The van der Waals surface area contributed by atoms with Crippen LogP contribution in [0.15, 0.2) is 36.4 Å². The maximum atomic E-state index is 12.8. The van der Waals surface area contributed by atoms with E-state index in [1.165, 1.54) is 11.3 Å². The molecule has 1 heterocycles. The van der Waals surface area contributed by atoms with Crippen molar-refractivity contribution < 1.29 is 9.53 Å². The Balaban J connectivity index is 2.01. The molecule has 0 N–H and O–H groups in total. The van der Waals surface area contributed by atoms with Crippen LogP contribution in [0.25, 0.3) is 10.1 Å². The molecule has 0 aliphatic heterocycles. The molecule has 5 heteroatoms. The highest BCUT2D eigenvalue weighted by atomic mass is 35.5. The first kappa shape index (κ1) is 18.2. The lowest BCUT2D eigenvalue weighted by atomic mass is 9.86. The highest BCUT2D eigenvalue weighted by Gasteiger charge is 2.24. The number of fused-ring (bicyclic) bond motifs is 1. The van der Waals surface area contributed by atoms with Crippen molar-refractivity contribution in [3.8, 4) is 5.75 Å². The van der Waals surface area contributed by atoms with Gasteiger partial charge in [0.15, 0.2) is 0 Å². The zero-order chi connectivity index (χ0) is 18.4. The van der Waals surface area contributed by atoms with Crippen LogP contribution < -0.4 is 4.74 Å². The molecule has 3 rings (SSSR count). The molecular formula is C20H18Cl2O2S. The first-order chi connectivity index (χ1) is 11.7. The average molecular weight is 393 g/mol. The summed E-state index contributed by atoms with van der Waals surface area (Å²) in [6.45, 7) is 8.23. The van der Waals surface area contributed by atoms with E-state index in [0.717, 1.165) is 21.2 Å². The topological polar surface area (TPSA) is 26.3 Å². The molecule has 25 heavy (non-hydrogen) atoms. The van der Waals surface area contributed by atoms with Crippen LogP contribution in [0.1, 0.15) is 41.6 Å². The molecule has 0 aliphatic carbocycles. The van der Waals surface area contributed by atoms with Gasteiger partial charge in [0.1, 0.15) is 10.6 Å². The van der Waals surface area contributed by atoms with Crippen molar-refractivity contribution >= 4 is 50.6 Å². The highest BCUT2D eigenvalue weighted by molar-refractivity contribution is 7.21. The third-order valence-corrected chi connectivity index (χ3v) is 5.80. The van der Waals surface area contributed by atoms with E-state index in [0.29, 0.717) is 20.7 Å². The first-order valence-corrected chi connectivity index (χ1v) is 9.45. The number of esters is 1. The van der Waals surface area contributed by atoms with Crippen LogP contribution in [0.4, 0.5) is 0 Å². The Morgan fingerprint density at radius 3 is 2.48 bits per heavy atom. The fourth-order valence-corrected chi connectivity index (χ4v) is 4.31. The second-order valence-electron chi connectivity index (χ2n) is 7.02. The Hall–Kier alpha value is -1.55. The van der Waals surface area contributed by atoms with Crippen molar-refractivity contribution in [1.82, 2.24) is 0 Å². The molecule has 0 spiro atoms. The number of benzene rings is 2. The van der Waals surface area contributed by atoms with Crippen LogP contribution in [0.3, 0.4) is 0 Å². The molecule has 0 saturated heterocycles. The van der Waals surface area contributed by atoms with Gasteiger partial charge in [0.25, 0.3) is 0 Å². The van der Waals surface area contributed by atoms with E-state index in [-0.39, 0.29) is 5.41 Å². The van der Waals surface area contributed by atoms with Gasteiger partial charge in [-0.2, -0.15) is 0 Å². The van der Waals surface area contributed by atoms with Gasteiger partial charge in [-0.15, -0.1) is 11.3 Å². The molecular weight excluding hydrogens is 375 g/mol. The largest absolute Gasteiger partial charge is 0.422 e. The molecule has 0 amide bonds. The summed E-state index contributed by atoms with van der Waals surface area (Å²) in [5, 5.41) is 1.83. The highest BCUT2D eigenvalue weighted by Crippen LogP contribution is 2.38. The van der Waals surface area contributed by atoms with E-state index in [4.69, 9.17) is 27.9 Å². The van der Waals surface area contributed by atoms with Gasteiger partial charge in [-0.25, -0.2) is 4.79 Å². The predicted octanol–water partition coefficient (Wildman–Crippen LogP) is 7.03. The van der Waals surface area contributed by atoms with Gasteiger partial charge in [0, 0.05) is 20.7 Å². The maximum Gasteiger partial charge on any atom is 0.355 e. The Labute approximate surface area is 161 Å². The average Bonchev–Trinajstić information content (AvgIpc) is 2.82. The molecule has 2 aromatic carbocycles. The fourth-order valence-electron chi connectivity index (χ4n) is 2.65. The van der Waals surface area contributed by atoms with E-state index in [1.54, 1.807) is 12.1 Å². The van der Waals surface area contributed by atoms with Gasteiger partial charge in [-0.3, -0.25) is 0 Å². The van der Waals surface area contributed by atoms with Crippen LogP contribution >= 0.6 is 34.5 Å². The molecule has 0 radical (unpaired) electrons. The number of hydrogen-bond donors (Lipinski definition) is 0. The summed E-state index contributed by atoms with van der Waals surface area (Å²) in [6.07, 6.45) is 0. The number of thiophene rings is 1. The Bertz CT molecular complexity index is 968. The van der Waals surface area contributed by atoms with Gasteiger partial charge in [0.05, 0.1) is 5.02 Å². The number of hydrogen-bond acceptors (Lipinski definition) is 3. The molecule has 1 aromatic heterocycles. The van der Waals surface area contributed by atoms with Gasteiger partial charge in [-0.05, 0) is 36.1 Å². The molecule has 130 valence electrons. The lowest BCUT2D eigenvalue weighted by molar-refractivity contribution is 0.0737. The Morgan fingerprint density at radius 2 is 1.80 bits per heavy atom. The maximum absolute atomic E-state index is 12.8. The van der Waals surface area contributed by atoms with Crippen molar-refractivity contribution in [2.75, 3.05) is 0 Å². The summed E-state index contributed by atoms with van der Waals surface area (Å²) in [5.74, 6) is 0.127. The van der Waals surface area contributed by atoms with E-state index in [2.05, 4.69) is 20.8 Å². The zero-order valence-corrected chi connectivity index (χ0v) is 16.8. The van der Waals surface area contributed by atoms with Crippen molar-refractivity contribution in [1.29, 1.82) is 0 Å². The molecule has 3 aromatic rings. The third-order valence-electron chi connectivity index (χ3n) is 3.92. The number of aryl methyl sites for hydroxylation is 1. The molecule has 2 nitrogen and oxygen atoms in total. The minimum atomic E-state index is -0.446. The number of ether oxygens (including phenoxy) is 1. The summed E-state index contributed by atoms with van der Waals surface area (Å²) in [7, 11) is 0. The van der Waals surface area contributed by atoms with Crippen LogP contribution in [-0.4, -0.2) is 5.97 Å². The number of carbonyl (C=O) groups excluding carboxylic acids is 1. The zero-order valence-electron chi connectivity index (χ0n) is 14.4. The summed E-state index contributed by atoms with van der Waals surface area (Å²) in [4.78, 5) is 13.1. The van der Waals surface area contributed by atoms with E-state index >= 15 is 0 Å². The number of carbonyl (C=O) groups is 1. The lowest BCUT2D eigenvalue weighted by Gasteiger charge is -2.22. The minimum Gasteiger partial charge on any atom is -0.422 e. The van der Waals surface area contributed by atoms with Crippen LogP contribution in [0.2, 0.25) is 10.0 Å². The van der Waals surface area contributed by atoms with Crippen LogP contribution in [0, 0.1) is 6.92 Å². The second kappa shape index (κ2) is 6.64. The van der Waals surface area contributed by atoms with Crippen LogP contribution in [-0.2, 0) is 5.41 Å². The first-order valence-electron chi connectivity index (χ1n) is 7.87. The van der Waals surface area contributed by atoms with E-state index in [9.17, 15) is 4.79 Å². The fraction of sp³-hybridized carbons (Fsp3) is 0.250. The summed E-state index contributed by atoms with van der Waals surface area (Å²) in [6, 6.07) is 11.3. The molecule has 0 fully saturated rings. The standard InChI is InChI=1S/C20H18Cl2O2S/c1-11-5-8-14(20(2,3)4)15(9-11)24-19(23)18-17(22)13-7-6-12(21)10-16(13)25-18/h5-10H,1-4H3. The third kappa shape index (κ3) is 3.69. The Morgan fingerprint density at radius 1 is 1.08 bits per heavy atom.